The zero-order valence-corrected chi connectivity index (χ0v) is 30.1. The highest BCUT2D eigenvalue weighted by Crippen LogP contribution is 2.50. The molecular weight excluding hydrogens is 664 g/mol. The second kappa shape index (κ2) is 15.5. The molecule has 268 valence electrons. The third-order valence-electron chi connectivity index (χ3n) is 11.3. The predicted molar refractivity (Wildman–Crippen MR) is 195 cm³/mol. The number of ketones is 1. The fraction of sp³-hybridized carbons (Fsp3) is 0.439. The van der Waals surface area contributed by atoms with Gasteiger partial charge in [-0.2, -0.15) is 5.26 Å². The minimum atomic E-state index is -3.74. The number of carbonyl (C=O) groups is 2. The van der Waals surface area contributed by atoms with Gasteiger partial charge in [-0.25, -0.2) is 12.8 Å². The third kappa shape index (κ3) is 7.65. The molecule has 3 atom stereocenters. The molecule has 3 aromatic carbocycles. The number of amides is 1. The van der Waals surface area contributed by atoms with Gasteiger partial charge in [0.1, 0.15) is 5.82 Å². The molecule has 0 aromatic heterocycles. The van der Waals surface area contributed by atoms with Gasteiger partial charge in [0.2, 0.25) is 15.7 Å². The Morgan fingerprint density at radius 2 is 1.73 bits per heavy atom. The maximum absolute atomic E-state index is 14.6. The molecule has 1 aliphatic carbocycles. The molecule has 2 heterocycles. The first-order chi connectivity index (χ1) is 24.6. The number of allylic oxidation sites excluding steroid dienone is 1. The van der Waals surface area contributed by atoms with Crippen LogP contribution < -0.4 is 10.2 Å². The quantitative estimate of drug-likeness (QED) is 0.209. The summed E-state index contributed by atoms with van der Waals surface area (Å²) < 4.78 is 41.3. The van der Waals surface area contributed by atoms with Crippen LogP contribution in [0.15, 0.2) is 95.2 Å². The fourth-order valence-corrected chi connectivity index (χ4v) is 9.95. The monoisotopic (exact) mass is 710 g/mol. The highest BCUT2D eigenvalue weighted by Gasteiger charge is 2.52. The van der Waals surface area contributed by atoms with E-state index in [-0.39, 0.29) is 51.6 Å². The zero-order valence-electron chi connectivity index (χ0n) is 29.3. The number of hydrogen-bond donors (Lipinski definition) is 1. The van der Waals surface area contributed by atoms with Crippen molar-refractivity contribution in [2.45, 2.75) is 73.1 Å². The summed E-state index contributed by atoms with van der Waals surface area (Å²) in [6.07, 6.45) is 5.99. The van der Waals surface area contributed by atoms with E-state index in [1.807, 2.05) is 25.1 Å². The van der Waals surface area contributed by atoms with Crippen LogP contribution in [0, 0.1) is 34.9 Å². The lowest BCUT2D eigenvalue weighted by atomic mass is 9.59. The summed E-state index contributed by atoms with van der Waals surface area (Å²) in [7, 11) is -3.74. The number of nitrogens with one attached hydrogen (secondary N) is 1. The van der Waals surface area contributed by atoms with Crippen LogP contribution in [0.2, 0.25) is 0 Å². The standard InChI is InChI=1S/C41H47FN4O4S/c1-3-35(47)22-29-8-5-11-37(23-29)51(49,50)36-16-14-34(15-17-36)46-26-30(27-46)25-45-20-18-31(19-21-45)41(28-43,32-9-6-10-33(42)24-32)38-12-7-13-39(38)44-40(48)4-2/h3,5-6,8-11,14-17,23-24,30-31,38-39H,1,4,7,12-13,18-22,25-27H2,2H3,(H,44,48)/t38-,39-,41-/m0/s1. The van der Waals surface area contributed by atoms with E-state index < -0.39 is 15.3 Å². The van der Waals surface area contributed by atoms with Crippen molar-refractivity contribution in [1.82, 2.24) is 10.2 Å². The fourth-order valence-electron chi connectivity index (χ4n) is 8.62. The molecule has 8 nitrogen and oxygen atoms in total. The minimum absolute atomic E-state index is 0.0104. The minimum Gasteiger partial charge on any atom is -0.371 e. The van der Waals surface area contributed by atoms with E-state index in [0.717, 1.165) is 76.1 Å². The van der Waals surface area contributed by atoms with Crippen LogP contribution in [-0.4, -0.2) is 63.8 Å². The number of nitrogens with zero attached hydrogens (tertiary/aromatic N) is 3. The molecule has 1 amide bonds. The predicted octanol–water partition coefficient (Wildman–Crippen LogP) is 6.26. The molecule has 2 aliphatic heterocycles. The van der Waals surface area contributed by atoms with Gasteiger partial charge in [0.15, 0.2) is 5.78 Å². The molecule has 1 saturated carbocycles. The normalized spacial score (nSPS) is 21.3. The molecule has 51 heavy (non-hydrogen) atoms. The van der Waals surface area contributed by atoms with E-state index in [1.54, 1.807) is 42.5 Å². The molecule has 10 heteroatoms. The van der Waals surface area contributed by atoms with E-state index in [9.17, 15) is 27.7 Å². The van der Waals surface area contributed by atoms with Gasteiger partial charge in [-0.15, -0.1) is 0 Å². The summed E-state index contributed by atoms with van der Waals surface area (Å²) >= 11 is 0. The van der Waals surface area contributed by atoms with Crippen LogP contribution in [0.3, 0.4) is 0 Å². The number of rotatable bonds is 13. The number of likely N-dealkylation sites (tertiary alicyclic amines) is 1. The van der Waals surface area contributed by atoms with Crippen molar-refractivity contribution in [2.75, 3.05) is 37.6 Å². The molecule has 3 aliphatic rings. The van der Waals surface area contributed by atoms with Gasteiger partial charge >= 0.3 is 0 Å². The highest BCUT2D eigenvalue weighted by molar-refractivity contribution is 7.91. The Kier molecular flexibility index (Phi) is 11.1. The Hall–Kier alpha value is -4.33. The van der Waals surface area contributed by atoms with Gasteiger partial charge in [0, 0.05) is 56.0 Å². The Labute approximate surface area is 301 Å². The third-order valence-corrected chi connectivity index (χ3v) is 13.1. The number of nitriles is 1. The van der Waals surface area contributed by atoms with Crippen LogP contribution in [0.5, 0.6) is 0 Å². The molecule has 0 bridgehead atoms. The van der Waals surface area contributed by atoms with Crippen LogP contribution in [0.4, 0.5) is 10.1 Å². The summed E-state index contributed by atoms with van der Waals surface area (Å²) in [5, 5.41) is 14.1. The largest absolute Gasteiger partial charge is 0.371 e. The van der Waals surface area contributed by atoms with Crippen LogP contribution >= 0.6 is 0 Å². The van der Waals surface area contributed by atoms with Crippen molar-refractivity contribution in [2.24, 2.45) is 17.8 Å². The Bertz CT molecular complexity index is 1890. The van der Waals surface area contributed by atoms with Gasteiger partial charge in [-0.05, 0) is 110 Å². The van der Waals surface area contributed by atoms with E-state index in [1.165, 1.54) is 18.2 Å². The molecule has 0 radical (unpaired) electrons. The number of hydrogen-bond acceptors (Lipinski definition) is 7. The lowest BCUT2D eigenvalue weighted by Crippen LogP contribution is -2.55. The topological polar surface area (TPSA) is 111 Å². The van der Waals surface area contributed by atoms with Crippen molar-refractivity contribution >= 4 is 27.2 Å². The average molecular weight is 711 g/mol. The second-order valence-electron chi connectivity index (χ2n) is 14.4. The maximum atomic E-state index is 14.6. The summed E-state index contributed by atoms with van der Waals surface area (Å²) in [4.78, 5) is 29.3. The smallest absolute Gasteiger partial charge is 0.219 e. The number of carbonyl (C=O) groups excluding carboxylic acids is 2. The van der Waals surface area contributed by atoms with E-state index >= 15 is 0 Å². The second-order valence-corrected chi connectivity index (χ2v) is 16.3. The van der Waals surface area contributed by atoms with Gasteiger partial charge in [-0.3, -0.25) is 9.59 Å². The molecule has 2 saturated heterocycles. The van der Waals surface area contributed by atoms with Crippen molar-refractivity contribution in [1.29, 1.82) is 5.26 Å². The van der Waals surface area contributed by atoms with Crippen molar-refractivity contribution in [3.8, 4) is 6.07 Å². The molecule has 3 aromatic rings. The van der Waals surface area contributed by atoms with Gasteiger partial charge in [-0.1, -0.05) is 44.2 Å². The van der Waals surface area contributed by atoms with Gasteiger partial charge in [0.05, 0.1) is 21.3 Å². The van der Waals surface area contributed by atoms with Crippen LogP contribution in [0.1, 0.15) is 56.6 Å². The summed E-state index contributed by atoms with van der Waals surface area (Å²) in [6.45, 7) is 9.72. The maximum Gasteiger partial charge on any atom is 0.219 e. The first-order valence-electron chi connectivity index (χ1n) is 18.1. The number of piperidine rings is 1. The molecule has 1 N–H and O–H groups in total. The van der Waals surface area contributed by atoms with E-state index in [4.69, 9.17) is 0 Å². The van der Waals surface area contributed by atoms with E-state index in [2.05, 4.69) is 27.8 Å². The lowest BCUT2D eigenvalue weighted by molar-refractivity contribution is -0.122. The average Bonchev–Trinajstić information content (AvgIpc) is 3.59. The highest BCUT2D eigenvalue weighted by atomic mass is 32.2. The Balaban J connectivity index is 1.06. The number of halogens is 1. The lowest BCUT2D eigenvalue weighted by Gasteiger charge is -2.48. The molecule has 6 rings (SSSR count). The SMILES string of the molecule is C=CC(=O)Cc1cccc(S(=O)(=O)c2ccc(N3CC(CN4CCC([C@@](C#N)(c5cccc(F)c5)[C@H]5CCC[C@@H]5NC(=O)CC)CC4)C3)cc2)c1. The van der Waals surface area contributed by atoms with Crippen LogP contribution in [-0.2, 0) is 31.3 Å². The molecule has 0 unspecified atom stereocenters. The van der Waals surface area contributed by atoms with E-state index in [0.29, 0.717) is 17.9 Å². The molecule has 3 fully saturated rings. The number of anilines is 1. The first kappa shape index (κ1) is 36.5. The van der Waals surface area contributed by atoms with Gasteiger partial charge < -0.3 is 15.1 Å². The van der Waals surface area contributed by atoms with Crippen molar-refractivity contribution < 1.29 is 22.4 Å². The zero-order chi connectivity index (χ0) is 36.2. The first-order valence-corrected chi connectivity index (χ1v) is 19.6. The van der Waals surface area contributed by atoms with Crippen LogP contribution in [0.25, 0.3) is 0 Å². The van der Waals surface area contributed by atoms with Crippen molar-refractivity contribution in [3.05, 3.63) is 102 Å². The Morgan fingerprint density at radius 3 is 2.39 bits per heavy atom. The van der Waals surface area contributed by atoms with Crippen molar-refractivity contribution in [3.63, 3.8) is 0 Å². The number of sulfone groups is 1. The summed E-state index contributed by atoms with van der Waals surface area (Å²) in [5.74, 6) is -0.0700. The summed E-state index contributed by atoms with van der Waals surface area (Å²) in [5.41, 5.74) is 1.46. The molecule has 0 spiro atoms. The Morgan fingerprint density at radius 1 is 1.00 bits per heavy atom. The molecular formula is C41H47FN4O4S. The van der Waals surface area contributed by atoms with Gasteiger partial charge in [0.25, 0.3) is 0 Å². The number of benzene rings is 3. The summed E-state index contributed by atoms with van der Waals surface area (Å²) in [6, 6.07) is 22.7.